The zero-order chi connectivity index (χ0) is 15.6. The van der Waals surface area contributed by atoms with Crippen molar-refractivity contribution in [3.05, 3.63) is 0 Å². The molecule has 2 fully saturated rings. The normalized spacial score (nSPS) is 28.1. The number of amides is 3. The molecule has 0 radical (unpaired) electrons. The van der Waals surface area contributed by atoms with Gasteiger partial charge in [-0.05, 0) is 32.1 Å². The van der Waals surface area contributed by atoms with Crippen LogP contribution in [0.1, 0.15) is 39.5 Å². The van der Waals surface area contributed by atoms with Crippen molar-refractivity contribution < 1.29 is 19.5 Å². The number of rotatable bonds is 3. The van der Waals surface area contributed by atoms with Crippen molar-refractivity contribution in [2.24, 2.45) is 5.92 Å². The van der Waals surface area contributed by atoms with Crippen molar-refractivity contribution in [3.63, 3.8) is 0 Å². The van der Waals surface area contributed by atoms with Gasteiger partial charge in [-0.2, -0.15) is 0 Å². The molecule has 0 saturated carbocycles. The van der Waals surface area contributed by atoms with E-state index in [0.29, 0.717) is 25.9 Å². The molecular weight excluding hydrogens is 274 g/mol. The molecule has 2 heterocycles. The highest BCUT2D eigenvalue weighted by molar-refractivity contribution is 5.86. The van der Waals surface area contributed by atoms with Crippen LogP contribution in [-0.4, -0.2) is 52.6 Å². The summed E-state index contributed by atoms with van der Waals surface area (Å²) in [6.45, 7) is 4.35. The van der Waals surface area contributed by atoms with E-state index in [0.717, 1.165) is 12.8 Å². The Hall–Kier alpha value is -1.79. The first-order valence-corrected chi connectivity index (χ1v) is 7.45. The maximum absolute atomic E-state index is 12.3. The van der Waals surface area contributed by atoms with Gasteiger partial charge in [0.2, 0.25) is 5.91 Å². The van der Waals surface area contributed by atoms with Crippen molar-refractivity contribution in [2.45, 2.75) is 51.1 Å². The second-order valence-corrected chi connectivity index (χ2v) is 6.13. The van der Waals surface area contributed by atoms with Crippen LogP contribution in [0, 0.1) is 5.92 Å². The highest BCUT2D eigenvalue weighted by Gasteiger charge is 2.38. The Bertz CT molecular complexity index is 454. The zero-order valence-corrected chi connectivity index (χ0v) is 12.5. The van der Waals surface area contributed by atoms with Gasteiger partial charge in [-0.1, -0.05) is 6.92 Å². The highest BCUT2D eigenvalue weighted by Crippen LogP contribution is 2.25. The van der Waals surface area contributed by atoms with Crippen LogP contribution in [-0.2, 0) is 9.59 Å². The van der Waals surface area contributed by atoms with Crippen molar-refractivity contribution >= 4 is 17.9 Å². The topological polar surface area (TPSA) is 98.7 Å². The number of carboxylic acid groups (broad SMARTS) is 1. The number of aliphatic carboxylic acids is 1. The molecule has 0 spiro atoms. The van der Waals surface area contributed by atoms with Gasteiger partial charge in [-0.25, -0.2) is 9.59 Å². The van der Waals surface area contributed by atoms with Crippen LogP contribution >= 0.6 is 0 Å². The van der Waals surface area contributed by atoms with Crippen LogP contribution in [0.4, 0.5) is 4.79 Å². The molecule has 3 atom stereocenters. The fourth-order valence-electron chi connectivity index (χ4n) is 2.90. The number of likely N-dealkylation sites (tertiary alicyclic amines) is 1. The van der Waals surface area contributed by atoms with E-state index in [4.69, 9.17) is 0 Å². The van der Waals surface area contributed by atoms with Crippen LogP contribution in [0.3, 0.4) is 0 Å². The minimum Gasteiger partial charge on any atom is -0.480 e. The number of hydrogen-bond acceptors (Lipinski definition) is 3. The Labute approximate surface area is 124 Å². The highest BCUT2D eigenvalue weighted by atomic mass is 16.4. The molecule has 2 aliphatic rings. The standard InChI is InChI=1S/C14H23N3O4/c1-3-14(2,12(19)20)16-13(21)17-7-6-10-9(8-17)4-5-11(18)15-10/h9-10H,3-8H2,1-2H3,(H,15,18)(H,16,21)(H,19,20). The molecule has 0 aromatic rings. The number of carboxylic acids is 1. The van der Waals surface area contributed by atoms with Gasteiger partial charge < -0.3 is 20.6 Å². The third kappa shape index (κ3) is 3.28. The van der Waals surface area contributed by atoms with Gasteiger partial charge in [0, 0.05) is 25.6 Å². The quantitative estimate of drug-likeness (QED) is 0.708. The Morgan fingerprint density at radius 3 is 2.81 bits per heavy atom. The average Bonchev–Trinajstić information content (AvgIpc) is 2.46. The molecule has 7 nitrogen and oxygen atoms in total. The van der Waals surface area contributed by atoms with E-state index in [2.05, 4.69) is 10.6 Å². The summed E-state index contributed by atoms with van der Waals surface area (Å²) in [5, 5.41) is 14.8. The first kappa shape index (κ1) is 15.6. The molecule has 118 valence electrons. The number of urea groups is 1. The fourth-order valence-corrected chi connectivity index (χ4v) is 2.90. The molecule has 3 amide bonds. The second-order valence-electron chi connectivity index (χ2n) is 6.13. The number of nitrogens with one attached hydrogen (secondary N) is 2. The lowest BCUT2D eigenvalue weighted by Gasteiger charge is -2.42. The molecule has 21 heavy (non-hydrogen) atoms. The number of fused-ring (bicyclic) bond motifs is 1. The van der Waals surface area contributed by atoms with E-state index in [9.17, 15) is 19.5 Å². The van der Waals surface area contributed by atoms with E-state index in [1.807, 2.05) is 0 Å². The Kier molecular flexibility index (Phi) is 4.39. The lowest BCUT2D eigenvalue weighted by Crippen LogP contribution is -2.60. The molecule has 0 bridgehead atoms. The summed E-state index contributed by atoms with van der Waals surface area (Å²) in [5.74, 6) is -0.684. The maximum Gasteiger partial charge on any atom is 0.329 e. The Morgan fingerprint density at radius 1 is 1.48 bits per heavy atom. The smallest absolute Gasteiger partial charge is 0.329 e. The predicted octanol–water partition coefficient (Wildman–Crippen LogP) is 0.550. The maximum atomic E-state index is 12.3. The van der Waals surface area contributed by atoms with E-state index in [1.54, 1.807) is 11.8 Å². The van der Waals surface area contributed by atoms with Crippen LogP contribution in [0.5, 0.6) is 0 Å². The molecule has 2 aliphatic heterocycles. The predicted molar refractivity (Wildman–Crippen MR) is 75.7 cm³/mol. The second kappa shape index (κ2) is 5.91. The molecule has 0 aromatic heterocycles. The summed E-state index contributed by atoms with van der Waals surface area (Å²) in [5.41, 5.74) is -1.24. The van der Waals surface area contributed by atoms with Crippen molar-refractivity contribution in [3.8, 4) is 0 Å². The molecule has 0 aliphatic carbocycles. The molecule has 0 aromatic carbocycles. The summed E-state index contributed by atoms with van der Waals surface area (Å²) < 4.78 is 0. The minimum absolute atomic E-state index is 0.0820. The van der Waals surface area contributed by atoms with Crippen LogP contribution in [0.15, 0.2) is 0 Å². The monoisotopic (exact) mass is 297 g/mol. The zero-order valence-electron chi connectivity index (χ0n) is 12.5. The first-order chi connectivity index (χ1) is 9.85. The summed E-state index contributed by atoms with van der Waals surface area (Å²) in [6.07, 6.45) is 2.33. The van der Waals surface area contributed by atoms with Gasteiger partial charge in [-0.3, -0.25) is 4.79 Å². The molecule has 3 unspecified atom stereocenters. The summed E-state index contributed by atoms with van der Waals surface area (Å²) >= 11 is 0. The SMILES string of the molecule is CCC(C)(NC(=O)N1CCC2NC(=O)CCC2C1)C(=O)O. The van der Waals surface area contributed by atoms with E-state index in [1.165, 1.54) is 6.92 Å². The van der Waals surface area contributed by atoms with Gasteiger partial charge in [0.25, 0.3) is 0 Å². The van der Waals surface area contributed by atoms with Gasteiger partial charge in [-0.15, -0.1) is 0 Å². The molecular formula is C14H23N3O4. The lowest BCUT2D eigenvalue weighted by molar-refractivity contribution is -0.144. The molecule has 2 rings (SSSR count). The number of piperidine rings is 2. The van der Waals surface area contributed by atoms with Crippen LogP contribution < -0.4 is 10.6 Å². The number of carbonyl (C=O) groups is 3. The summed E-state index contributed by atoms with van der Waals surface area (Å²) in [7, 11) is 0. The van der Waals surface area contributed by atoms with Crippen molar-refractivity contribution in [2.75, 3.05) is 13.1 Å². The minimum atomic E-state index is -1.24. The van der Waals surface area contributed by atoms with Gasteiger partial charge >= 0.3 is 12.0 Å². The Morgan fingerprint density at radius 2 is 2.19 bits per heavy atom. The number of hydrogen-bond donors (Lipinski definition) is 3. The van der Waals surface area contributed by atoms with Gasteiger partial charge in [0.05, 0.1) is 0 Å². The molecule has 3 N–H and O–H groups in total. The lowest BCUT2D eigenvalue weighted by atomic mass is 9.85. The van der Waals surface area contributed by atoms with Crippen molar-refractivity contribution in [1.29, 1.82) is 0 Å². The third-order valence-corrected chi connectivity index (χ3v) is 4.67. The first-order valence-electron chi connectivity index (χ1n) is 7.45. The van der Waals surface area contributed by atoms with Gasteiger partial charge in [0.1, 0.15) is 5.54 Å². The fraction of sp³-hybridized carbons (Fsp3) is 0.786. The Balaban J connectivity index is 1.95. The van der Waals surface area contributed by atoms with E-state index >= 15 is 0 Å². The summed E-state index contributed by atoms with van der Waals surface area (Å²) in [6, 6.07) is -0.190. The summed E-state index contributed by atoms with van der Waals surface area (Å²) in [4.78, 5) is 36.6. The average molecular weight is 297 g/mol. The number of carbonyl (C=O) groups excluding carboxylic acids is 2. The molecule has 2 saturated heterocycles. The van der Waals surface area contributed by atoms with E-state index in [-0.39, 0.29) is 23.9 Å². The van der Waals surface area contributed by atoms with E-state index < -0.39 is 11.5 Å². The largest absolute Gasteiger partial charge is 0.480 e. The van der Waals surface area contributed by atoms with Crippen LogP contribution in [0.25, 0.3) is 0 Å². The third-order valence-electron chi connectivity index (χ3n) is 4.67. The van der Waals surface area contributed by atoms with Crippen molar-refractivity contribution in [1.82, 2.24) is 15.5 Å². The molecule has 7 heteroatoms. The number of nitrogens with zero attached hydrogens (tertiary/aromatic N) is 1. The van der Waals surface area contributed by atoms with Crippen LogP contribution in [0.2, 0.25) is 0 Å². The van der Waals surface area contributed by atoms with Gasteiger partial charge in [0.15, 0.2) is 0 Å².